The molecule has 0 aliphatic rings. The number of hydrogen-bond donors (Lipinski definition) is 2. The number of aryl methyl sites for hydroxylation is 4. The highest BCUT2D eigenvalue weighted by molar-refractivity contribution is 6.07. The molecule has 0 spiro atoms. The van der Waals surface area contributed by atoms with E-state index in [1.807, 2.05) is 74.0 Å². The van der Waals surface area contributed by atoms with Crippen LogP contribution in [0.3, 0.4) is 0 Å². The van der Waals surface area contributed by atoms with Crippen molar-refractivity contribution in [2.75, 3.05) is 5.32 Å². The van der Waals surface area contributed by atoms with Gasteiger partial charge in [0.15, 0.2) is 0 Å². The minimum Gasteiger partial charge on any atom is -0.358 e. The van der Waals surface area contributed by atoms with Gasteiger partial charge in [0.1, 0.15) is 0 Å². The molecule has 27 heavy (non-hydrogen) atoms. The van der Waals surface area contributed by atoms with Gasteiger partial charge in [-0.25, -0.2) is 4.68 Å². The van der Waals surface area contributed by atoms with Gasteiger partial charge in [0.2, 0.25) is 0 Å². The summed E-state index contributed by atoms with van der Waals surface area (Å²) < 4.78 is 1.85. The number of benzene rings is 2. The molecule has 0 saturated carbocycles. The van der Waals surface area contributed by atoms with E-state index < -0.39 is 0 Å². The van der Waals surface area contributed by atoms with Gasteiger partial charge in [-0.1, -0.05) is 12.1 Å². The Labute approximate surface area is 158 Å². The van der Waals surface area contributed by atoms with Crippen molar-refractivity contribution in [1.82, 2.24) is 14.8 Å². The number of nitrogens with zero attached hydrogens (tertiary/aromatic N) is 2. The summed E-state index contributed by atoms with van der Waals surface area (Å²) in [7, 11) is 0. The average molecular weight is 358 g/mol. The molecule has 0 atom stereocenters. The molecule has 5 nitrogen and oxygen atoms in total. The second kappa shape index (κ2) is 6.43. The fourth-order valence-corrected chi connectivity index (χ4v) is 3.43. The Balaban J connectivity index is 1.70. The third-order valence-corrected chi connectivity index (χ3v) is 4.96. The van der Waals surface area contributed by atoms with E-state index in [2.05, 4.69) is 22.3 Å². The number of fused-ring (bicyclic) bond motifs is 1. The molecule has 2 N–H and O–H groups in total. The molecule has 0 unspecified atom stereocenters. The Kier molecular flexibility index (Phi) is 4.07. The minimum atomic E-state index is -0.135. The first-order valence-corrected chi connectivity index (χ1v) is 8.97. The molecule has 0 saturated heterocycles. The molecule has 0 bridgehead atoms. The number of para-hydroxylation sites is 2. The first-order valence-electron chi connectivity index (χ1n) is 8.97. The van der Waals surface area contributed by atoms with Gasteiger partial charge in [0.05, 0.1) is 17.1 Å². The predicted molar refractivity (Wildman–Crippen MR) is 109 cm³/mol. The van der Waals surface area contributed by atoms with Gasteiger partial charge < -0.3 is 10.3 Å². The normalized spacial score (nSPS) is 11.1. The Bertz CT molecular complexity index is 1170. The average Bonchev–Trinajstić information content (AvgIpc) is 3.13. The van der Waals surface area contributed by atoms with Crippen LogP contribution in [0.15, 0.2) is 48.5 Å². The molecule has 136 valence electrons. The van der Waals surface area contributed by atoms with E-state index in [9.17, 15) is 4.79 Å². The van der Waals surface area contributed by atoms with Crippen LogP contribution in [0.4, 0.5) is 5.69 Å². The molecule has 4 rings (SSSR count). The molecule has 2 aromatic carbocycles. The summed E-state index contributed by atoms with van der Waals surface area (Å²) >= 11 is 0. The Hall–Kier alpha value is -3.34. The van der Waals surface area contributed by atoms with E-state index in [-0.39, 0.29) is 5.91 Å². The van der Waals surface area contributed by atoms with Crippen LogP contribution < -0.4 is 5.32 Å². The molecule has 0 fully saturated rings. The maximum Gasteiger partial charge on any atom is 0.255 e. The lowest BCUT2D eigenvalue weighted by Crippen LogP contribution is -2.14. The van der Waals surface area contributed by atoms with E-state index in [1.54, 1.807) is 0 Å². The lowest BCUT2D eigenvalue weighted by Gasteiger charge is -2.12. The van der Waals surface area contributed by atoms with Gasteiger partial charge in [-0.05, 0) is 69.7 Å². The van der Waals surface area contributed by atoms with Gasteiger partial charge in [0, 0.05) is 27.9 Å². The molecule has 1 amide bonds. The summed E-state index contributed by atoms with van der Waals surface area (Å²) in [5, 5.41) is 8.66. The first-order chi connectivity index (χ1) is 12.9. The van der Waals surface area contributed by atoms with Crippen LogP contribution in [0.2, 0.25) is 0 Å². The van der Waals surface area contributed by atoms with E-state index in [1.165, 1.54) is 5.56 Å². The maximum atomic E-state index is 12.9. The molecule has 0 aliphatic carbocycles. The second-order valence-electron chi connectivity index (χ2n) is 6.95. The molecule has 5 heteroatoms. The number of anilines is 1. The molecule has 0 aliphatic heterocycles. The summed E-state index contributed by atoms with van der Waals surface area (Å²) in [6, 6.07) is 15.5. The summed E-state index contributed by atoms with van der Waals surface area (Å²) in [5.74, 6) is -0.135. The number of H-pyrrole nitrogens is 1. The summed E-state index contributed by atoms with van der Waals surface area (Å²) in [6.07, 6.45) is 0. The lowest BCUT2D eigenvalue weighted by atomic mass is 10.1. The van der Waals surface area contributed by atoms with Gasteiger partial charge in [-0.15, -0.1) is 0 Å². The third-order valence-electron chi connectivity index (χ3n) is 4.96. The van der Waals surface area contributed by atoms with Crippen molar-refractivity contribution in [1.29, 1.82) is 0 Å². The number of nitrogens with one attached hydrogen (secondary N) is 2. The monoisotopic (exact) mass is 358 g/mol. The van der Waals surface area contributed by atoms with Crippen LogP contribution in [0.1, 0.15) is 33.0 Å². The van der Waals surface area contributed by atoms with Crippen molar-refractivity contribution >= 4 is 22.5 Å². The summed E-state index contributed by atoms with van der Waals surface area (Å²) in [6.45, 7) is 8.07. The second-order valence-corrected chi connectivity index (χ2v) is 6.95. The predicted octanol–water partition coefficient (Wildman–Crippen LogP) is 4.84. The molecular weight excluding hydrogens is 336 g/mol. The van der Waals surface area contributed by atoms with Crippen molar-refractivity contribution in [3.8, 4) is 5.69 Å². The van der Waals surface area contributed by atoms with E-state index in [0.29, 0.717) is 5.56 Å². The first kappa shape index (κ1) is 17.1. The smallest absolute Gasteiger partial charge is 0.255 e. The van der Waals surface area contributed by atoms with Crippen molar-refractivity contribution in [2.45, 2.75) is 27.7 Å². The zero-order chi connectivity index (χ0) is 19.1. The van der Waals surface area contributed by atoms with Crippen LogP contribution in [0.5, 0.6) is 0 Å². The van der Waals surface area contributed by atoms with Crippen molar-refractivity contribution in [3.05, 3.63) is 76.7 Å². The largest absolute Gasteiger partial charge is 0.358 e. The zero-order valence-electron chi connectivity index (χ0n) is 15.9. The van der Waals surface area contributed by atoms with Crippen LogP contribution in [-0.4, -0.2) is 20.7 Å². The SMILES string of the molecule is Cc1cc(C)n(-c2ccccc2NC(=O)c2ccc3[nH]c(C)c(C)c3c2)n1. The fourth-order valence-electron chi connectivity index (χ4n) is 3.43. The van der Waals surface area contributed by atoms with E-state index >= 15 is 0 Å². The van der Waals surface area contributed by atoms with Crippen LogP contribution >= 0.6 is 0 Å². The van der Waals surface area contributed by atoms with Gasteiger partial charge in [0.25, 0.3) is 5.91 Å². The highest BCUT2D eigenvalue weighted by Gasteiger charge is 2.14. The quantitative estimate of drug-likeness (QED) is 0.550. The van der Waals surface area contributed by atoms with E-state index in [4.69, 9.17) is 0 Å². The maximum absolute atomic E-state index is 12.9. The number of aromatic nitrogens is 3. The molecule has 2 heterocycles. The Morgan fingerprint density at radius 2 is 1.81 bits per heavy atom. The van der Waals surface area contributed by atoms with Crippen molar-refractivity contribution < 1.29 is 4.79 Å². The third kappa shape index (κ3) is 3.01. The molecular formula is C22H22N4O. The fraction of sp³-hybridized carbons (Fsp3) is 0.182. The topological polar surface area (TPSA) is 62.7 Å². The summed E-state index contributed by atoms with van der Waals surface area (Å²) in [5.41, 5.74) is 7.52. The molecule has 0 radical (unpaired) electrons. The number of rotatable bonds is 3. The highest BCUT2D eigenvalue weighted by atomic mass is 16.1. The van der Waals surface area contributed by atoms with Gasteiger partial charge in [-0.2, -0.15) is 5.10 Å². The number of hydrogen-bond acceptors (Lipinski definition) is 2. The number of aromatic amines is 1. The number of carbonyl (C=O) groups is 1. The zero-order valence-corrected chi connectivity index (χ0v) is 15.9. The number of carbonyl (C=O) groups excluding carboxylic acids is 1. The van der Waals surface area contributed by atoms with Crippen molar-refractivity contribution in [3.63, 3.8) is 0 Å². The molecule has 2 aromatic heterocycles. The van der Waals surface area contributed by atoms with Gasteiger partial charge in [-0.3, -0.25) is 4.79 Å². The minimum absolute atomic E-state index is 0.135. The Morgan fingerprint density at radius 3 is 2.56 bits per heavy atom. The van der Waals surface area contributed by atoms with E-state index in [0.717, 1.165) is 39.4 Å². The number of amides is 1. The van der Waals surface area contributed by atoms with Crippen LogP contribution in [0.25, 0.3) is 16.6 Å². The van der Waals surface area contributed by atoms with Crippen molar-refractivity contribution in [2.24, 2.45) is 0 Å². The lowest BCUT2D eigenvalue weighted by molar-refractivity contribution is 0.102. The summed E-state index contributed by atoms with van der Waals surface area (Å²) in [4.78, 5) is 16.2. The van der Waals surface area contributed by atoms with Gasteiger partial charge >= 0.3 is 0 Å². The standard InChI is InChI=1S/C22H22N4O/c1-13-11-14(2)26(25-13)21-8-6-5-7-20(21)24-22(27)17-9-10-19-18(12-17)15(3)16(4)23-19/h5-12,23H,1-4H3,(H,24,27). The highest BCUT2D eigenvalue weighted by Crippen LogP contribution is 2.25. The molecule has 4 aromatic rings. The Morgan fingerprint density at radius 1 is 1.04 bits per heavy atom. The van der Waals surface area contributed by atoms with Crippen LogP contribution in [0, 0.1) is 27.7 Å². The van der Waals surface area contributed by atoms with Crippen LogP contribution in [-0.2, 0) is 0 Å².